The van der Waals surface area contributed by atoms with Crippen molar-refractivity contribution in [2.75, 3.05) is 0 Å². The minimum atomic E-state index is -0.208. The maximum atomic E-state index is 13.6. The van der Waals surface area contributed by atoms with Crippen molar-refractivity contribution < 1.29 is 4.39 Å². The minimum absolute atomic E-state index is 0.153. The summed E-state index contributed by atoms with van der Waals surface area (Å²) < 4.78 is 14.1. The quantitative estimate of drug-likeness (QED) is 0.883. The first-order chi connectivity index (χ1) is 6.68. The maximum absolute atomic E-state index is 13.6. The Hall–Kier alpha value is -0.410. The first kappa shape index (κ1) is 10.1. The highest BCUT2D eigenvalue weighted by Gasteiger charge is 2.25. The van der Waals surface area contributed by atoms with Crippen molar-refractivity contribution in [3.8, 4) is 0 Å². The Bertz CT molecular complexity index is 336. The molecular formula is C11H13BrFN. The monoisotopic (exact) mass is 257 g/mol. The van der Waals surface area contributed by atoms with E-state index in [2.05, 4.69) is 15.9 Å². The SMILES string of the molecule is N[C@@H](CC1CC1)c1cccc(Br)c1F. The molecule has 0 aliphatic heterocycles. The molecule has 0 bridgehead atoms. The normalized spacial score (nSPS) is 18.2. The summed E-state index contributed by atoms with van der Waals surface area (Å²) in [5.74, 6) is 0.518. The van der Waals surface area contributed by atoms with E-state index in [4.69, 9.17) is 5.73 Å². The van der Waals surface area contributed by atoms with Crippen LogP contribution in [0.1, 0.15) is 30.9 Å². The van der Waals surface area contributed by atoms with Crippen molar-refractivity contribution in [1.29, 1.82) is 0 Å². The minimum Gasteiger partial charge on any atom is -0.324 e. The first-order valence-electron chi connectivity index (χ1n) is 4.88. The average molecular weight is 258 g/mol. The molecule has 1 aliphatic carbocycles. The van der Waals surface area contributed by atoms with E-state index in [9.17, 15) is 4.39 Å². The van der Waals surface area contributed by atoms with Gasteiger partial charge in [-0.2, -0.15) is 0 Å². The molecule has 1 nitrogen and oxygen atoms in total. The van der Waals surface area contributed by atoms with Crippen LogP contribution in [0, 0.1) is 11.7 Å². The van der Waals surface area contributed by atoms with Gasteiger partial charge in [0.1, 0.15) is 5.82 Å². The van der Waals surface area contributed by atoms with E-state index in [1.165, 1.54) is 12.8 Å². The molecule has 1 fully saturated rings. The average Bonchev–Trinajstić information content (AvgIpc) is 2.93. The fourth-order valence-corrected chi connectivity index (χ4v) is 2.03. The number of rotatable bonds is 3. The Labute approximate surface area is 91.6 Å². The second-order valence-corrected chi connectivity index (χ2v) is 4.78. The molecular weight excluding hydrogens is 245 g/mol. The third-order valence-corrected chi connectivity index (χ3v) is 3.28. The fraction of sp³-hybridized carbons (Fsp3) is 0.455. The Morgan fingerprint density at radius 1 is 1.50 bits per heavy atom. The molecule has 76 valence electrons. The zero-order chi connectivity index (χ0) is 10.1. The molecule has 0 amide bonds. The van der Waals surface area contributed by atoms with Crippen LogP contribution in [0.5, 0.6) is 0 Å². The van der Waals surface area contributed by atoms with Crippen molar-refractivity contribution in [1.82, 2.24) is 0 Å². The standard InChI is InChI=1S/C11H13BrFN/c12-9-3-1-2-8(11(9)13)10(14)6-7-4-5-7/h1-3,7,10H,4-6,14H2/t10-/m0/s1. The van der Waals surface area contributed by atoms with Crippen molar-refractivity contribution >= 4 is 15.9 Å². The Morgan fingerprint density at radius 2 is 2.21 bits per heavy atom. The summed E-state index contributed by atoms with van der Waals surface area (Å²) >= 11 is 3.17. The van der Waals surface area contributed by atoms with Crippen LogP contribution in [0.4, 0.5) is 4.39 Å². The van der Waals surface area contributed by atoms with Crippen LogP contribution >= 0.6 is 15.9 Å². The van der Waals surface area contributed by atoms with Crippen LogP contribution in [-0.4, -0.2) is 0 Å². The molecule has 14 heavy (non-hydrogen) atoms. The molecule has 1 saturated carbocycles. The van der Waals surface area contributed by atoms with E-state index in [1.54, 1.807) is 12.1 Å². The van der Waals surface area contributed by atoms with Crippen LogP contribution < -0.4 is 5.73 Å². The van der Waals surface area contributed by atoms with Gasteiger partial charge in [-0.3, -0.25) is 0 Å². The van der Waals surface area contributed by atoms with Gasteiger partial charge in [0.25, 0.3) is 0 Å². The summed E-state index contributed by atoms with van der Waals surface area (Å²) in [6.07, 6.45) is 3.42. The molecule has 2 rings (SSSR count). The van der Waals surface area contributed by atoms with Crippen molar-refractivity contribution in [2.24, 2.45) is 11.7 Å². The lowest BCUT2D eigenvalue weighted by Gasteiger charge is -2.12. The predicted molar refractivity (Wildman–Crippen MR) is 58.4 cm³/mol. The highest BCUT2D eigenvalue weighted by molar-refractivity contribution is 9.10. The topological polar surface area (TPSA) is 26.0 Å². The number of nitrogens with two attached hydrogens (primary N) is 1. The number of halogens is 2. The van der Waals surface area contributed by atoms with E-state index in [1.807, 2.05) is 6.07 Å². The largest absolute Gasteiger partial charge is 0.324 e. The highest BCUT2D eigenvalue weighted by atomic mass is 79.9. The summed E-state index contributed by atoms with van der Waals surface area (Å²) in [6, 6.07) is 5.14. The lowest BCUT2D eigenvalue weighted by Crippen LogP contribution is -2.13. The Morgan fingerprint density at radius 3 is 2.86 bits per heavy atom. The van der Waals surface area contributed by atoms with E-state index < -0.39 is 0 Å². The highest BCUT2D eigenvalue weighted by Crippen LogP contribution is 2.37. The summed E-state index contributed by atoms with van der Waals surface area (Å²) in [4.78, 5) is 0. The van der Waals surface area contributed by atoms with E-state index >= 15 is 0 Å². The van der Waals surface area contributed by atoms with Gasteiger partial charge in [-0.15, -0.1) is 0 Å². The van der Waals surface area contributed by atoms with Gasteiger partial charge in [0.2, 0.25) is 0 Å². The number of hydrogen-bond acceptors (Lipinski definition) is 1. The zero-order valence-corrected chi connectivity index (χ0v) is 9.43. The Kier molecular flexibility index (Phi) is 2.88. The van der Waals surface area contributed by atoms with Crippen LogP contribution in [0.15, 0.2) is 22.7 Å². The molecule has 1 aromatic rings. The van der Waals surface area contributed by atoms with Crippen LogP contribution in [0.25, 0.3) is 0 Å². The molecule has 1 aliphatic rings. The second kappa shape index (κ2) is 3.99. The van der Waals surface area contributed by atoms with E-state index in [0.29, 0.717) is 10.0 Å². The van der Waals surface area contributed by atoms with Crippen molar-refractivity contribution in [2.45, 2.75) is 25.3 Å². The van der Waals surface area contributed by atoms with Gasteiger partial charge in [-0.1, -0.05) is 25.0 Å². The smallest absolute Gasteiger partial charge is 0.142 e. The molecule has 0 unspecified atom stereocenters. The van der Waals surface area contributed by atoms with E-state index in [-0.39, 0.29) is 11.9 Å². The van der Waals surface area contributed by atoms with E-state index in [0.717, 1.165) is 12.3 Å². The molecule has 0 aromatic heterocycles. The van der Waals surface area contributed by atoms with Gasteiger partial charge in [0, 0.05) is 11.6 Å². The molecule has 0 spiro atoms. The number of hydrogen-bond donors (Lipinski definition) is 1. The predicted octanol–water partition coefficient (Wildman–Crippen LogP) is 3.39. The lowest BCUT2D eigenvalue weighted by molar-refractivity contribution is 0.539. The molecule has 0 heterocycles. The zero-order valence-electron chi connectivity index (χ0n) is 7.84. The first-order valence-corrected chi connectivity index (χ1v) is 5.67. The molecule has 2 N–H and O–H groups in total. The lowest BCUT2D eigenvalue weighted by atomic mass is 10.0. The van der Waals surface area contributed by atoms with Crippen LogP contribution in [-0.2, 0) is 0 Å². The number of benzene rings is 1. The van der Waals surface area contributed by atoms with Crippen molar-refractivity contribution in [3.05, 3.63) is 34.1 Å². The van der Waals surface area contributed by atoms with Crippen LogP contribution in [0.3, 0.4) is 0 Å². The fourth-order valence-electron chi connectivity index (χ4n) is 1.65. The third-order valence-electron chi connectivity index (χ3n) is 2.67. The summed E-state index contributed by atoms with van der Waals surface area (Å²) in [5.41, 5.74) is 6.58. The summed E-state index contributed by atoms with van der Waals surface area (Å²) in [5, 5.41) is 0. The second-order valence-electron chi connectivity index (χ2n) is 3.93. The van der Waals surface area contributed by atoms with Gasteiger partial charge in [-0.25, -0.2) is 4.39 Å². The van der Waals surface area contributed by atoms with Crippen LogP contribution in [0.2, 0.25) is 0 Å². The molecule has 0 radical (unpaired) electrons. The van der Waals surface area contributed by atoms with Gasteiger partial charge >= 0.3 is 0 Å². The Balaban J connectivity index is 2.16. The van der Waals surface area contributed by atoms with Gasteiger partial charge in [0.05, 0.1) is 4.47 Å². The molecule has 1 atom stereocenters. The maximum Gasteiger partial charge on any atom is 0.142 e. The summed E-state index contributed by atoms with van der Waals surface area (Å²) in [7, 11) is 0. The molecule has 0 saturated heterocycles. The van der Waals surface area contributed by atoms with Gasteiger partial charge in [0.15, 0.2) is 0 Å². The third kappa shape index (κ3) is 2.15. The molecule has 1 aromatic carbocycles. The van der Waals surface area contributed by atoms with Gasteiger partial charge < -0.3 is 5.73 Å². The van der Waals surface area contributed by atoms with Crippen molar-refractivity contribution in [3.63, 3.8) is 0 Å². The van der Waals surface area contributed by atoms with Gasteiger partial charge in [-0.05, 0) is 34.3 Å². The molecule has 3 heteroatoms. The summed E-state index contributed by atoms with van der Waals surface area (Å²) in [6.45, 7) is 0.